The second-order valence-electron chi connectivity index (χ2n) is 6.89. The van der Waals surface area contributed by atoms with Crippen LogP contribution in [-0.4, -0.2) is 29.7 Å². The molecule has 0 aliphatic carbocycles. The van der Waals surface area contributed by atoms with Crippen molar-refractivity contribution < 1.29 is 4.79 Å². The number of amides is 1. The molecular weight excluding hydrogens is 422 g/mol. The number of carbonyl (C=O) groups is 1. The number of carbonyl (C=O) groups excluding carboxylic acids is 1. The van der Waals surface area contributed by atoms with Crippen molar-refractivity contribution in [3.05, 3.63) is 58.9 Å². The minimum atomic E-state index is -0.0491. The topological polar surface area (TPSA) is 45.2 Å². The van der Waals surface area contributed by atoms with Crippen LogP contribution in [0.25, 0.3) is 11.3 Å². The van der Waals surface area contributed by atoms with E-state index in [0.717, 1.165) is 52.9 Å². The van der Waals surface area contributed by atoms with Gasteiger partial charge in [0.2, 0.25) is 5.91 Å². The minimum Gasteiger partial charge on any atom is -0.369 e. The molecule has 2 aromatic carbocycles. The molecule has 4 rings (SSSR count). The van der Waals surface area contributed by atoms with Crippen molar-refractivity contribution in [1.82, 2.24) is 4.98 Å². The molecule has 0 unspecified atom stereocenters. The van der Waals surface area contributed by atoms with Crippen molar-refractivity contribution in [2.45, 2.75) is 23.6 Å². The number of halogens is 1. The summed E-state index contributed by atoms with van der Waals surface area (Å²) in [5, 5.41) is 5.76. The van der Waals surface area contributed by atoms with Crippen molar-refractivity contribution in [2.75, 3.05) is 29.1 Å². The molecule has 0 radical (unpaired) electrons. The Balaban J connectivity index is 1.39. The number of aromatic nitrogens is 1. The SMILES string of the molecule is O=C(CSc1nc(-c2ccccc2)cs1)Nc1cccc(Cl)c1N1CCCCC1. The number of hydrogen-bond acceptors (Lipinski definition) is 5. The molecular formula is C22H22ClN3OS2. The molecule has 2 heterocycles. The summed E-state index contributed by atoms with van der Waals surface area (Å²) in [6.07, 6.45) is 3.56. The highest BCUT2D eigenvalue weighted by molar-refractivity contribution is 8.01. The number of piperidine rings is 1. The van der Waals surface area contributed by atoms with Crippen LogP contribution in [0.3, 0.4) is 0 Å². The Bertz CT molecular complexity index is 971. The summed E-state index contributed by atoms with van der Waals surface area (Å²) in [6, 6.07) is 15.8. The summed E-state index contributed by atoms with van der Waals surface area (Å²) in [6.45, 7) is 1.95. The second kappa shape index (κ2) is 9.65. The van der Waals surface area contributed by atoms with Gasteiger partial charge in [-0.05, 0) is 31.4 Å². The number of benzene rings is 2. The first-order valence-electron chi connectivity index (χ1n) is 9.68. The molecule has 150 valence electrons. The maximum absolute atomic E-state index is 12.6. The predicted octanol–water partition coefficient (Wildman–Crippen LogP) is 6.18. The third-order valence-corrected chi connectivity index (χ3v) is 7.14. The van der Waals surface area contributed by atoms with Crippen LogP contribution in [0.4, 0.5) is 11.4 Å². The van der Waals surface area contributed by atoms with Gasteiger partial charge in [0.1, 0.15) is 0 Å². The van der Waals surface area contributed by atoms with E-state index in [9.17, 15) is 4.79 Å². The highest BCUT2D eigenvalue weighted by Crippen LogP contribution is 2.36. The van der Waals surface area contributed by atoms with E-state index in [4.69, 9.17) is 11.6 Å². The summed E-state index contributed by atoms with van der Waals surface area (Å²) in [5.74, 6) is 0.264. The third kappa shape index (κ3) is 5.13. The Labute approximate surface area is 184 Å². The fraction of sp³-hybridized carbons (Fsp3) is 0.273. The zero-order chi connectivity index (χ0) is 20.1. The molecule has 0 spiro atoms. The monoisotopic (exact) mass is 443 g/mol. The van der Waals surface area contributed by atoms with Crippen LogP contribution in [0.2, 0.25) is 5.02 Å². The van der Waals surface area contributed by atoms with Crippen molar-refractivity contribution >= 4 is 52.0 Å². The lowest BCUT2D eigenvalue weighted by molar-refractivity contribution is -0.113. The van der Waals surface area contributed by atoms with Crippen LogP contribution in [0, 0.1) is 0 Å². The van der Waals surface area contributed by atoms with Crippen molar-refractivity contribution in [3.63, 3.8) is 0 Å². The number of hydrogen-bond donors (Lipinski definition) is 1. The smallest absolute Gasteiger partial charge is 0.234 e. The Hall–Kier alpha value is -2.02. The lowest BCUT2D eigenvalue weighted by Crippen LogP contribution is -2.30. The van der Waals surface area contributed by atoms with Crippen molar-refractivity contribution in [3.8, 4) is 11.3 Å². The van der Waals surface area contributed by atoms with Crippen LogP contribution in [-0.2, 0) is 4.79 Å². The van der Waals surface area contributed by atoms with Gasteiger partial charge in [0.25, 0.3) is 0 Å². The average molecular weight is 444 g/mol. The van der Waals surface area contributed by atoms with Crippen LogP contribution >= 0.6 is 34.7 Å². The van der Waals surface area contributed by atoms with Gasteiger partial charge in [0.05, 0.1) is 27.8 Å². The lowest BCUT2D eigenvalue weighted by atomic mass is 10.1. The number of thiazole rings is 1. The van der Waals surface area contributed by atoms with Crippen LogP contribution < -0.4 is 10.2 Å². The van der Waals surface area contributed by atoms with E-state index < -0.39 is 0 Å². The normalized spacial score (nSPS) is 14.0. The third-order valence-electron chi connectivity index (χ3n) is 4.81. The molecule has 1 fully saturated rings. The van der Waals surface area contributed by atoms with Gasteiger partial charge in [-0.25, -0.2) is 4.98 Å². The first-order valence-corrected chi connectivity index (χ1v) is 11.9. The van der Waals surface area contributed by atoms with E-state index in [-0.39, 0.29) is 5.91 Å². The summed E-state index contributed by atoms with van der Waals surface area (Å²) in [5.41, 5.74) is 3.76. The molecule has 0 saturated carbocycles. The molecule has 7 heteroatoms. The summed E-state index contributed by atoms with van der Waals surface area (Å²) in [7, 11) is 0. The van der Waals surface area contributed by atoms with Crippen LogP contribution in [0.5, 0.6) is 0 Å². The van der Waals surface area contributed by atoms with E-state index in [1.165, 1.54) is 18.2 Å². The van der Waals surface area contributed by atoms with E-state index in [1.54, 1.807) is 11.3 Å². The van der Waals surface area contributed by atoms with E-state index in [1.807, 2.05) is 53.9 Å². The van der Waals surface area contributed by atoms with Gasteiger partial charge in [-0.2, -0.15) is 0 Å². The summed E-state index contributed by atoms with van der Waals surface area (Å²) >= 11 is 9.49. The molecule has 1 saturated heterocycles. The Morgan fingerprint density at radius 3 is 2.69 bits per heavy atom. The zero-order valence-electron chi connectivity index (χ0n) is 15.9. The fourth-order valence-corrected chi connectivity index (χ4v) is 5.36. The largest absolute Gasteiger partial charge is 0.369 e. The van der Waals surface area contributed by atoms with Gasteiger partial charge < -0.3 is 10.2 Å². The highest BCUT2D eigenvalue weighted by Gasteiger charge is 2.19. The molecule has 1 aliphatic rings. The number of rotatable bonds is 6. The maximum Gasteiger partial charge on any atom is 0.234 e. The number of nitrogens with one attached hydrogen (secondary N) is 1. The summed E-state index contributed by atoms with van der Waals surface area (Å²) < 4.78 is 0.890. The molecule has 1 aliphatic heterocycles. The average Bonchev–Trinajstić information content (AvgIpc) is 3.23. The van der Waals surface area contributed by atoms with Crippen molar-refractivity contribution in [2.24, 2.45) is 0 Å². The number of para-hydroxylation sites is 1. The van der Waals surface area contributed by atoms with Crippen LogP contribution in [0.15, 0.2) is 58.3 Å². The molecule has 1 N–H and O–H groups in total. The number of thioether (sulfide) groups is 1. The fourth-order valence-electron chi connectivity index (χ4n) is 3.43. The van der Waals surface area contributed by atoms with E-state index in [0.29, 0.717) is 10.8 Å². The quantitative estimate of drug-likeness (QED) is 0.461. The van der Waals surface area contributed by atoms with Gasteiger partial charge >= 0.3 is 0 Å². The first-order chi connectivity index (χ1) is 14.2. The lowest BCUT2D eigenvalue weighted by Gasteiger charge is -2.31. The highest BCUT2D eigenvalue weighted by atomic mass is 35.5. The molecule has 29 heavy (non-hydrogen) atoms. The number of anilines is 2. The Kier molecular flexibility index (Phi) is 6.74. The predicted molar refractivity (Wildman–Crippen MR) is 124 cm³/mol. The Morgan fingerprint density at radius 1 is 1.10 bits per heavy atom. The molecule has 3 aromatic rings. The van der Waals surface area contributed by atoms with Gasteiger partial charge in [-0.15, -0.1) is 11.3 Å². The van der Waals surface area contributed by atoms with Gasteiger partial charge in [-0.3, -0.25) is 4.79 Å². The molecule has 1 amide bonds. The number of nitrogens with zero attached hydrogens (tertiary/aromatic N) is 2. The summed E-state index contributed by atoms with van der Waals surface area (Å²) in [4.78, 5) is 19.5. The van der Waals surface area contributed by atoms with Gasteiger partial charge in [0, 0.05) is 24.0 Å². The minimum absolute atomic E-state index is 0.0491. The van der Waals surface area contributed by atoms with E-state index >= 15 is 0 Å². The molecule has 0 bridgehead atoms. The van der Waals surface area contributed by atoms with E-state index in [2.05, 4.69) is 15.2 Å². The maximum atomic E-state index is 12.6. The molecule has 1 aromatic heterocycles. The van der Waals surface area contributed by atoms with Gasteiger partial charge in [-0.1, -0.05) is 59.8 Å². The van der Waals surface area contributed by atoms with Gasteiger partial charge in [0.15, 0.2) is 4.34 Å². The zero-order valence-corrected chi connectivity index (χ0v) is 18.3. The molecule has 4 nitrogen and oxygen atoms in total. The second-order valence-corrected chi connectivity index (χ2v) is 9.37. The first kappa shape index (κ1) is 20.3. The van der Waals surface area contributed by atoms with Crippen LogP contribution in [0.1, 0.15) is 19.3 Å². The van der Waals surface area contributed by atoms with Crippen molar-refractivity contribution in [1.29, 1.82) is 0 Å². The molecule has 0 atom stereocenters. The standard InChI is InChI=1S/C22H22ClN3OS2/c23-17-10-7-11-18(21(17)26-12-5-2-6-13-26)24-20(27)15-29-22-25-19(14-28-22)16-8-3-1-4-9-16/h1,3-4,7-11,14H,2,5-6,12-13,15H2,(H,24,27). The Morgan fingerprint density at radius 2 is 1.90 bits per heavy atom.